The van der Waals surface area contributed by atoms with Gasteiger partial charge in [0.05, 0.1) is 0 Å². The van der Waals surface area contributed by atoms with Crippen molar-refractivity contribution in [3.05, 3.63) is 171 Å². The maximum Gasteiger partial charge on any atom is 0.0270 e. The first kappa shape index (κ1) is 33.4. The van der Waals surface area contributed by atoms with Crippen LogP contribution in [0.15, 0.2) is 150 Å². The van der Waals surface area contributed by atoms with E-state index in [2.05, 4.69) is 220 Å². The summed E-state index contributed by atoms with van der Waals surface area (Å²) in [5, 5.41) is 4.21. The molecule has 48 heavy (non-hydrogen) atoms. The standard InChI is InChI=1S/C42H26Br4S2/c43-39-22-30(16-18-32-14-8-20-48-32)29(15-17-31-13-7-19-47-31)21-35(39)37-25-42(46)38(26-41(37)45)36-23-33(27-9-3-1-4-10-27)34(24-40(36)44)28-11-5-2-6-12-28/h1-26H. The molecule has 0 amide bonds. The van der Waals surface area contributed by atoms with Crippen molar-refractivity contribution >= 4 is 111 Å². The van der Waals surface area contributed by atoms with Gasteiger partial charge in [0, 0.05) is 27.6 Å². The molecule has 0 unspecified atom stereocenters. The van der Waals surface area contributed by atoms with Gasteiger partial charge in [0.25, 0.3) is 0 Å². The Balaban J connectivity index is 1.33. The molecule has 7 aromatic rings. The molecule has 2 heterocycles. The van der Waals surface area contributed by atoms with Gasteiger partial charge in [0.2, 0.25) is 0 Å². The Morgan fingerprint density at radius 2 is 0.750 bits per heavy atom. The second-order valence-corrected chi connectivity index (χ2v) is 16.5. The summed E-state index contributed by atoms with van der Waals surface area (Å²) in [7, 11) is 0. The van der Waals surface area contributed by atoms with Crippen molar-refractivity contribution in [3.63, 3.8) is 0 Å². The second kappa shape index (κ2) is 15.2. The third kappa shape index (κ3) is 7.40. The summed E-state index contributed by atoms with van der Waals surface area (Å²) in [5.41, 5.74) is 11.4. The first-order valence-corrected chi connectivity index (χ1v) is 20.1. The van der Waals surface area contributed by atoms with Crippen molar-refractivity contribution in [3.8, 4) is 44.5 Å². The van der Waals surface area contributed by atoms with Crippen LogP contribution >= 0.6 is 86.4 Å². The van der Waals surface area contributed by atoms with Crippen molar-refractivity contribution in [2.45, 2.75) is 0 Å². The molecule has 0 aliphatic rings. The molecule has 0 saturated carbocycles. The van der Waals surface area contributed by atoms with E-state index in [4.69, 9.17) is 0 Å². The maximum atomic E-state index is 3.98. The Kier molecular flexibility index (Phi) is 10.6. The molecule has 7 rings (SSSR count). The Labute approximate surface area is 323 Å². The van der Waals surface area contributed by atoms with E-state index in [0.717, 1.165) is 51.3 Å². The van der Waals surface area contributed by atoms with Gasteiger partial charge in [-0.3, -0.25) is 0 Å². The summed E-state index contributed by atoms with van der Waals surface area (Å²) in [6.07, 6.45) is 8.78. The van der Waals surface area contributed by atoms with Crippen LogP contribution < -0.4 is 0 Å². The average molecular weight is 914 g/mol. The summed E-state index contributed by atoms with van der Waals surface area (Å²) < 4.78 is 4.08. The smallest absolute Gasteiger partial charge is 0.0270 e. The van der Waals surface area contributed by atoms with E-state index in [0.29, 0.717) is 0 Å². The number of hydrogen-bond donors (Lipinski definition) is 0. The van der Waals surface area contributed by atoms with E-state index in [1.54, 1.807) is 22.7 Å². The first-order chi connectivity index (χ1) is 23.4. The summed E-state index contributed by atoms with van der Waals surface area (Å²) in [6, 6.07) is 43.1. The predicted octanol–water partition coefficient (Wildman–Crippen LogP) is 15.9. The highest BCUT2D eigenvalue weighted by atomic mass is 79.9. The van der Waals surface area contributed by atoms with Crippen LogP contribution in [0.25, 0.3) is 68.8 Å². The molecule has 0 aliphatic heterocycles. The molecule has 0 nitrogen and oxygen atoms in total. The topological polar surface area (TPSA) is 0 Å². The number of benzene rings is 5. The molecule has 0 aliphatic carbocycles. The number of hydrogen-bond acceptors (Lipinski definition) is 2. The molecule has 0 spiro atoms. The molecule has 0 saturated heterocycles. The average Bonchev–Trinajstić information content (AvgIpc) is 3.84. The Hall–Kier alpha value is -3.10. The molecule has 6 heteroatoms. The fourth-order valence-electron chi connectivity index (χ4n) is 5.67. The summed E-state index contributed by atoms with van der Waals surface area (Å²) >= 11 is 19.3. The minimum atomic E-state index is 1.01. The van der Waals surface area contributed by atoms with Crippen LogP contribution in [0.4, 0.5) is 0 Å². The zero-order valence-corrected chi connectivity index (χ0v) is 33.3. The van der Waals surface area contributed by atoms with Crippen LogP contribution in [0.5, 0.6) is 0 Å². The van der Waals surface area contributed by atoms with Crippen LogP contribution in [0.1, 0.15) is 20.9 Å². The molecule has 0 radical (unpaired) electrons. The predicted molar refractivity (Wildman–Crippen MR) is 225 cm³/mol. The fraction of sp³-hybridized carbons (Fsp3) is 0. The van der Waals surface area contributed by atoms with Gasteiger partial charge in [-0.15, -0.1) is 22.7 Å². The Morgan fingerprint density at radius 3 is 1.23 bits per heavy atom. The molecule has 5 aromatic carbocycles. The van der Waals surface area contributed by atoms with Crippen molar-refractivity contribution in [1.29, 1.82) is 0 Å². The lowest BCUT2D eigenvalue weighted by Gasteiger charge is -2.18. The largest absolute Gasteiger partial charge is 0.144 e. The Morgan fingerprint density at radius 1 is 0.354 bits per heavy atom. The molecular weight excluding hydrogens is 888 g/mol. The van der Waals surface area contributed by atoms with Crippen molar-refractivity contribution in [1.82, 2.24) is 0 Å². The molecule has 0 N–H and O–H groups in total. The van der Waals surface area contributed by atoms with E-state index in [1.807, 2.05) is 0 Å². The monoisotopic (exact) mass is 910 g/mol. The van der Waals surface area contributed by atoms with Gasteiger partial charge in [-0.05, 0) is 127 Å². The molecule has 0 fully saturated rings. The molecule has 234 valence electrons. The summed E-state index contributed by atoms with van der Waals surface area (Å²) in [4.78, 5) is 2.45. The van der Waals surface area contributed by atoms with Crippen molar-refractivity contribution in [2.75, 3.05) is 0 Å². The number of thiophene rings is 2. The highest BCUT2D eigenvalue weighted by Crippen LogP contribution is 2.46. The van der Waals surface area contributed by atoms with E-state index in [9.17, 15) is 0 Å². The van der Waals surface area contributed by atoms with E-state index in [-0.39, 0.29) is 0 Å². The minimum absolute atomic E-state index is 1.01. The van der Waals surface area contributed by atoms with Gasteiger partial charge in [0.1, 0.15) is 0 Å². The van der Waals surface area contributed by atoms with Gasteiger partial charge in [-0.2, -0.15) is 0 Å². The lowest BCUT2D eigenvalue weighted by molar-refractivity contribution is 1.49. The van der Waals surface area contributed by atoms with Crippen LogP contribution in [-0.2, 0) is 0 Å². The third-order valence-corrected chi connectivity index (χ3v) is 12.3. The Bertz CT molecular complexity index is 2250. The molecular formula is C42H26Br4S2. The lowest BCUT2D eigenvalue weighted by atomic mass is 9.90. The number of halogens is 4. The van der Waals surface area contributed by atoms with Gasteiger partial charge in [0.15, 0.2) is 0 Å². The van der Waals surface area contributed by atoms with E-state index in [1.165, 1.54) is 32.0 Å². The van der Waals surface area contributed by atoms with E-state index < -0.39 is 0 Å². The normalized spacial score (nSPS) is 11.6. The van der Waals surface area contributed by atoms with E-state index >= 15 is 0 Å². The van der Waals surface area contributed by atoms with Crippen LogP contribution in [-0.4, -0.2) is 0 Å². The fourth-order valence-corrected chi connectivity index (χ4v) is 9.15. The van der Waals surface area contributed by atoms with Gasteiger partial charge < -0.3 is 0 Å². The van der Waals surface area contributed by atoms with Crippen LogP contribution in [0.3, 0.4) is 0 Å². The van der Waals surface area contributed by atoms with Gasteiger partial charge in [-0.25, -0.2) is 0 Å². The molecule has 0 atom stereocenters. The quantitative estimate of drug-likeness (QED) is 0.142. The third-order valence-electron chi connectivity index (χ3n) is 8.03. The summed E-state index contributed by atoms with van der Waals surface area (Å²) in [5.74, 6) is 0. The molecule has 2 aromatic heterocycles. The zero-order chi connectivity index (χ0) is 33.0. The maximum absolute atomic E-state index is 3.98. The van der Waals surface area contributed by atoms with Crippen molar-refractivity contribution in [2.24, 2.45) is 0 Å². The highest BCUT2D eigenvalue weighted by Gasteiger charge is 2.18. The highest BCUT2D eigenvalue weighted by molar-refractivity contribution is 9.11. The number of rotatable bonds is 8. The van der Waals surface area contributed by atoms with Crippen LogP contribution in [0, 0.1) is 0 Å². The lowest BCUT2D eigenvalue weighted by Crippen LogP contribution is -1.92. The SMILES string of the molecule is Brc1cc(-c2cc(-c3ccccc3)c(-c3ccccc3)cc2Br)c(Br)cc1-c1cc(C=Cc2cccs2)c(C=Cc2cccs2)cc1Br. The second-order valence-electron chi connectivity index (χ2n) is 11.1. The van der Waals surface area contributed by atoms with Gasteiger partial charge in [-0.1, -0.05) is 149 Å². The van der Waals surface area contributed by atoms with Crippen LogP contribution in [0.2, 0.25) is 0 Å². The summed E-state index contributed by atoms with van der Waals surface area (Å²) in [6.45, 7) is 0. The minimum Gasteiger partial charge on any atom is -0.144 e. The molecule has 0 bridgehead atoms. The van der Waals surface area contributed by atoms with Gasteiger partial charge >= 0.3 is 0 Å². The zero-order valence-electron chi connectivity index (χ0n) is 25.3. The van der Waals surface area contributed by atoms with Crippen molar-refractivity contribution < 1.29 is 0 Å². The first-order valence-electron chi connectivity index (χ1n) is 15.2.